The number of carbonyl (C=O) groups is 2. The number of anilines is 1. The number of fused-ring (bicyclic) bond motifs is 1. The predicted octanol–water partition coefficient (Wildman–Crippen LogP) is 7.16. The van der Waals surface area contributed by atoms with Gasteiger partial charge in [-0.3, -0.25) is 9.59 Å². The van der Waals surface area contributed by atoms with Crippen LogP contribution in [-0.4, -0.2) is 17.8 Å². The second kappa shape index (κ2) is 9.74. The average Bonchev–Trinajstić information content (AvgIpc) is 3.17. The second-order valence-electron chi connectivity index (χ2n) is 8.58. The number of ketones is 1. The third-order valence-electron chi connectivity index (χ3n) is 5.62. The molecule has 0 saturated carbocycles. The van der Waals surface area contributed by atoms with E-state index in [1.54, 1.807) is 43.3 Å². The fourth-order valence-electron chi connectivity index (χ4n) is 3.75. The lowest BCUT2D eigenvalue weighted by molar-refractivity contribution is -0.122. The summed E-state index contributed by atoms with van der Waals surface area (Å²) in [6.45, 7) is 7.82. The molecule has 1 aromatic heterocycles. The molecule has 0 saturated heterocycles. The van der Waals surface area contributed by atoms with Gasteiger partial charge in [0.15, 0.2) is 11.9 Å². The van der Waals surface area contributed by atoms with Crippen molar-refractivity contribution in [1.29, 1.82) is 0 Å². The minimum Gasteiger partial charge on any atom is -0.481 e. The molecule has 0 fully saturated rings. The summed E-state index contributed by atoms with van der Waals surface area (Å²) in [5.41, 5.74) is 3.31. The van der Waals surface area contributed by atoms with Crippen molar-refractivity contribution in [3.8, 4) is 5.75 Å². The van der Waals surface area contributed by atoms with E-state index in [1.165, 1.54) is 0 Å². The quantitative estimate of drug-likeness (QED) is 0.288. The van der Waals surface area contributed by atoms with Crippen LogP contribution in [-0.2, 0) is 4.79 Å². The fraction of sp³-hybridized carbons (Fsp3) is 0.214. The number of nitrogens with one attached hydrogen (secondary N) is 1. The normalized spacial score (nSPS) is 12.1. The van der Waals surface area contributed by atoms with Crippen LogP contribution in [0.1, 0.15) is 53.9 Å². The highest BCUT2D eigenvalue weighted by molar-refractivity contribution is 6.30. The van der Waals surface area contributed by atoms with Gasteiger partial charge in [-0.2, -0.15) is 0 Å². The molecule has 4 aromatic rings. The van der Waals surface area contributed by atoms with E-state index in [-0.39, 0.29) is 23.4 Å². The molecule has 0 unspecified atom stereocenters. The Hall–Kier alpha value is -3.57. The lowest BCUT2D eigenvalue weighted by atomic mass is 10.0. The number of hydrogen-bond donors (Lipinski definition) is 1. The molecule has 0 aliphatic rings. The number of benzene rings is 3. The van der Waals surface area contributed by atoms with Gasteiger partial charge in [-0.05, 0) is 73.4 Å². The zero-order valence-electron chi connectivity index (χ0n) is 19.5. The van der Waals surface area contributed by atoms with Crippen LogP contribution in [0.5, 0.6) is 5.75 Å². The number of ether oxygens (including phenoxy) is 1. The highest BCUT2D eigenvalue weighted by Gasteiger charge is 2.26. The average molecular weight is 476 g/mol. The first-order chi connectivity index (χ1) is 16.2. The molecule has 34 heavy (non-hydrogen) atoms. The monoisotopic (exact) mass is 475 g/mol. The van der Waals surface area contributed by atoms with Crippen LogP contribution in [0.3, 0.4) is 0 Å². The van der Waals surface area contributed by atoms with E-state index in [9.17, 15) is 9.59 Å². The number of amides is 1. The van der Waals surface area contributed by atoms with E-state index in [4.69, 9.17) is 20.8 Å². The molecule has 3 aromatic carbocycles. The van der Waals surface area contributed by atoms with Crippen molar-refractivity contribution in [2.24, 2.45) is 0 Å². The van der Waals surface area contributed by atoms with Crippen molar-refractivity contribution in [3.05, 3.63) is 94.2 Å². The SMILES string of the molecule is Cc1ccc(C(C)C)c(O[C@@H](C)C(=O)Nc2c(C(=O)c3ccc(Cl)cc3)oc3ccccc23)c1. The van der Waals surface area contributed by atoms with Crippen LogP contribution in [0, 0.1) is 6.92 Å². The largest absolute Gasteiger partial charge is 0.481 e. The molecule has 0 radical (unpaired) electrons. The van der Waals surface area contributed by atoms with E-state index >= 15 is 0 Å². The molecule has 0 bridgehead atoms. The number of hydrogen-bond acceptors (Lipinski definition) is 4. The van der Waals surface area contributed by atoms with Crippen molar-refractivity contribution in [2.75, 3.05) is 5.32 Å². The van der Waals surface area contributed by atoms with E-state index in [0.29, 0.717) is 33.0 Å². The molecular weight excluding hydrogens is 450 g/mol. The maximum atomic E-state index is 13.2. The Bertz CT molecular complexity index is 1350. The zero-order chi connectivity index (χ0) is 24.4. The van der Waals surface area contributed by atoms with Crippen molar-refractivity contribution >= 4 is 39.9 Å². The number of carbonyl (C=O) groups excluding carboxylic acids is 2. The van der Waals surface area contributed by atoms with Gasteiger partial charge in [0.25, 0.3) is 5.91 Å². The van der Waals surface area contributed by atoms with Gasteiger partial charge in [0.1, 0.15) is 11.3 Å². The molecule has 1 N–H and O–H groups in total. The summed E-state index contributed by atoms with van der Waals surface area (Å²) in [5.74, 6) is 0.243. The Morgan fingerprint density at radius 2 is 1.68 bits per heavy atom. The van der Waals surface area contributed by atoms with Crippen LogP contribution < -0.4 is 10.1 Å². The number of furan rings is 1. The lowest BCUT2D eigenvalue weighted by Gasteiger charge is -2.19. The molecule has 6 heteroatoms. The molecule has 0 spiro atoms. The Morgan fingerprint density at radius 3 is 2.38 bits per heavy atom. The Balaban J connectivity index is 1.65. The molecular formula is C28H26ClNO4. The molecule has 0 aliphatic carbocycles. The smallest absolute Gasteiger partial charge is 0.265 e. The van der Waals surface area contributed by atoms with Gasteiger partial charge in [0.2, 0.25) is 5.78 Å². The van der Waals surface area contributed by atoms with Gasteiger partial charge in [-0.15, -0.1) is 0 Å². The topological polar surface area (TPSA) is 68.5 Å². The summed E-state index contributed by atoms with van der Waals surface area (Å²) in [6.07, 6.45) is -0.800. The Kier molecular flexibility index (Phi) is 6.75. The first-order valence-corrected chi connectivity index (χ1v) is 11.5. The molecule has 1 amide bonds. The summed E-state index contributed by atoms with van der Waals surface area (Å²) in [6, 6.07) is 19.7. The van der Waals surface area contributed by atoms with Crippen LogP contribution >= 0.6 is 11.6 Å². The lowest BCUT2D eigenvalue weighted by Crippen LogP contribution is -2.31. The number of aryl methyl sites for hydroxylation is 1. The standard InChI is InChI=1S/C28H26ClNO4/c1-16(2)21-14-9-17(3)15-24(21)33-18(4)28(32)30-25-22-7-5-6-8-23(22)34-27(25)26(31)19-10-12-20(29)13-11-19/h5-16,18H,1-4H3,(H,30,32)/t18-/m0/s1. The maximum Gasteiger partial charge on any atom is 0.265 e. The Morgan fingerprint density at radius 1 is 0.971 bits per heavy atom. The van der Waals surface area contributed by atoms with Crippen LogP contribution in [0.4, 0.5) is 5.69 Å². The molecule has 1 heterocycles. The third-order valence-corrected chi connectivity index (χ3v) is 5.87. The third kappa shape index (κ3) is 4.85. The highest BCUT2D eigenvalue weighted by Crippen LogP contribution is 2.33. The molecule has 4 rings (SSSR count). The van der Waals surface area contributed by atoms with E-state index in [1.807, 2.05) is 37.3 Å². The van der Waals surface area contributed by atoms with Gasteiger partial charge in [-0.25, -0.2) is 0 Å². The Labute approximate surface area is 203 Å². The van der Waals surface area contributed by atoms with Crippen molar-refractivity contribution in [2.45, 2.75) is 39.7 Å². The summed E-state index contributed by atoms with van der Waals surface area (Å²) in [4.78, 5) is 26.4. The molecule has 174 valence electrons. The van der Waals surface area contributed by atoms with E-state index in [2.05, 4.69) is 19.2 Å². The van der Waals surface area contributed by atoms with Crippen LogP contribution in [0.15, 0.2) is 71.1 Å². The minimum atomic E-state index is -0.800. The zero-order valence-corrected chi connectivity index (χ0v) is 20.3. The van der Waals surface area contributed by atoms with E-state index < -0.39 is 6.10 Å². The summed E-state index contributed by atoms with van der Waals surface area (Å²) >= 11 is 5.96. The van der Waals surface area contributed by atoms with E-state index in [0.717, 1.165) is 11.1 Å². The first kappa shape index (κ1) is 23.6. The van der Waals surface area contributed by atoms with Crippen molar-refractivity contribution in [1.82, 2.24) is 0 Å². The summed E-state index contributed by atoms with van der Waals surface area (Å²) in [5, 5.41) is 4.04. The van der Waals surface area contributed by atoms with Crippen molar-refractivity contribution in [3.63, 3.8) is 0 Å². The van der Waals surface area contributed by atoms with Gasteiger partial charge in [-0.1, -0.05) is 49.7 Å². The predicted molar refractivity (Wildman–Crippen MR) is 135 cm³/mol. The number of para-hydroxylation sites is 1. The minimum absolute atomic E-state index is 0.0579. The molecule has 1 atom stereocenters. The second-order valence-corrected chi connectivity index (χ2v) is 9.02. The molecule has 5 nitrogen and oxygen atoms in total. The first-order valence-electron chi connectivity index (χ1n) is 11.1. The van der Waals surface area contributed by atoms with Gasteiger partial charge in [0, 0.05) is 16.0 Å². The fourth-order valence-corrected chi connectivity index (χ4v) is 3.88. The maximum absolute atomic E-state index is 13.2. The van der Waals surface area contributed by atoms with Crippen LogP contribution in [0.25, 0.3) is 11.0 Å². The number of halogens is 1. The van der Waals surface area contributed by atoms with Crippen molar-refractivity contribution < 1.29 is 18.7 Å². The number of rotatable bonds is 7. The summed E-state index contributed by atoms with van der Waals surface area (Å²) in [7, 11) is 0. The summed E-state index contributed by atoms with van der Waals surface area (Å²) < 4.78 is 11.9. The van der Waals surface area contributed by atoms with Gasteiger partial charge >= 0.3 is 0 Å². The van der Waals surface area contributed by atoms with Crippen LogP contribution in [0.2, 0.25) is 5.02 Å². The van der Waals surface area contributed by atoms with Gasteiger partial charge in [0.05, 0.1) is 5.69 Å². The highest BCUT2D eigenvalue weighted by atomic mass is 35.5. The van der Waals surface area contributed by atoms with Gasteiger partial charge < -0.3 is 14.5 Å². The molecule has 0 aliphatic heterocycles.